The summed E-state index contributed by atoms with van der Waals surface area (Å²) in [6.45, 7) is 0.679. The Balaban J connectivity index is 1.46. The number of carbonyl (C=O) groups excluding carboxylic acids is 1. The molecule has 5 rings (SSSR count). The second-order valence-corrected chi connectivity index (χ2v) is 11.4. The third-order valence-electron chi connectivity index (χ3n) is 7.38. The maximum Gasteiger partial charge on any atom is 0.226 e. The largest absolute Gasteiger partial charge is 0.337 e. The van der Waals surface area contributed by atoms with Gasteiger partial charge in [0.2, 0.25) is 15.9 Å². The van der Waals surface area contributed by atoms with Gasteiger partial charge in [0.15, 0.2) is 0 Å². The number of amides is 1. The zero-order chi connectivity index (χ0) is 21.6. The number of benzene rings is 2. The van der Waals surface area contributed by atoms with Crippen molar-refractivity contribution in [3.63, 3.8) is 0 Å². The van der Waals surface area contributed by atoms with Crippen LogP contribution in [0.4, 0.5) is 0 Å². The first kappa shape index (κ1) is 20.7. The van der Waals surface area contributed by atoms with Crippen molar-refractivity contribution < 1.29 is 13.2 Å². The molecule has 5 nitrogen and oxygen atoms in total. The van der Waals surface area contributed by atoms with E-state index in [0.29, 0.717) is 13.0 Å². The highest BCUT2D eigenvalue weighted by Crippen LogP contribution is 2.56. The van der Waals surface area contributed by atoms with Crippen molar-refractivity contribution >= 4 is 15.9 Å². The minimum absolute atomic E-state index is 0.0931. The molecule has 164 valence electrons. The highest BCUT2D eigenvalue weighted by Gasteiger charge is 2.61. The SMILES string of the molecule is CS(=O)(=O)NC1C(Cc2cccc(-c3ccccc3)c2)N(C(=O)C2CCC2)CC12CC2. The third-order valence-corrected chi connectivity index (χ3v) is 8.06. The molecular formula is C25H30N2O3S. The van der Waals surface area contributed by atoms with Crippen LogP contribution in [0.5, 0.6) is 0 Å². The van der Waals surface area contributed by atoms with Gasteiger partial charge in [-0.25, -0.2) is 13.1 Å². The van der Waals surface area contributed by atoms with Gasteiger partial charge >= 0.3 is 0 Å². The second kappa shape index (κ2) is 7.75. The highest BCUT2D eigenvalue weighted by molar-refractivity contribution is 7.88. The monoisotopic (exact) mass is 438 g/mol. The van der Waals surface area contributed by atoms with Gasteiger partial charge in [0, 0.05) is 23.9 Å². The van der Waals surface area contributed by atoms with Crippen LogP contribution in [-0.4, -0.2) is 44.1 Å². The molecule has 2 unspecified atom stereocenters. The van der Waals surface area contributed by atoms with E-state index in [1.165, 1.54) is 6.26 Å². The fraction of sp³-hybridized carbons (Fsp3) is 0.480. The first-order valence-electron chi connectivity index (χ1n) is 11.3. The van der Waals surface area contributed by atoms with E-state index in [0.717, 1.165) is 48.8 Å². The molecule has 3 aliphatic rings. The number of rotatable bonds is 6. The van der Waals surface area contributed by atoms with Crippen molar-refractivity contribution in [1.82, 2.24) is 9.62 Å². The normalized spacial score (nSPS) is 24.9. The first-order chi connectivity index (χ1) is 14.8. The average molecular weight is 439 g/mol. The smallest absolute Gasteiger partial charge is 0.226 e. The maximum absolute atomic E-state index is 13.3. The molecule has 1 saturated heterocycles. The van der Waals surface area contributed by atoms with Gasteiger partial charge in [-0.05, 0) is 48.8 Å². The highest BCUT2D eigenvalue weighted by atomic mass is 32.2. The summed E-state index contributed by atoms with van der Waals surface area (Å²) in [5, 5.41) is 0. The van der Waals surface area contributed by atoms with Gasteiger partial charge in [-0.1, -0.05) is 61.0 Å². The lowest BCUT2D eigenvalue weighted by molar-refractivity contribution is -0.139. The van der Waals surface area contributed by atoms with Gasteiger partial charge < -0.3 is 4.90 Å². The molecule has 3 fully saturated rings. The number of hydrogen-bond acceptors (Lipinski definition) is 3. The zero-order valence-corrected chi connectivity index (χ0v) is 18.8. The van der Waals surface area contributed by atoms with E-state index in [2.05, 4.69) is 41.1 Å². The molecule has 2 aromatic carbocycles. The summed E-state index contributed by atoms with van der Waals surface area (Å²) in [6, 6.07) is 18.3. The Morgan fingerprint density at radius 3 is 2.39 bits per heavy atom. The van der Waals surface area contributed by atoms with Crippen LogP contribution in [0, 0.1) is 11.3 Å². The van der Waals surface area contributed by atoms with E-state index in [-0.39, 0.29) is 29.3 Å². The Hall–Kier alpha value is -2.18. The number of nitrogens with one attached hydrogen (secondary N) is 1. The molecule has 0 aromatic heterocycles. The van der Waals surface area contributed by atoms with Crippen molar-refractivity contribution in [1.29, 1.82) is 0 Å². The number of hydrogen-bond donors (Lipinski definition) is 1. The van der Waals surface area contributed by atoms with Gasteiger partial charge in [-0.3, -0.25) is 4.79 Å². The molecule has 0 bridgehead atoms. The van der Waals surface area contributed by atoms with E-state index >= 15 is 0 Å². The standard InChI is InChI=1S/C25H30N2O3S/c1-31(29,30)26-23-22(27(17-25(23)13-14-25)24(28)20-10-6-11-20)16-18-7-5-12-21(15-18)19-8-3-2-4-9-19/h2-5,7-9,12,15,20,22-23,26H,6,10-11,13-14,16-17H2,1H3. The molecule has 1 spiro atoms. The van der Waals surface area contributed by atoms with Gasteiger partial charge in [-0.2, -0.15) is 0 Å². The van der Waals surface area contributed by atoms with Gasteiger partial charge in [0.1, 0.15) is 0 Å². The Kier molecular flexibility index (Phi) is 5.18. The Morgan fingerprint density at radius 2 is 1.77 bits per heavy atom. The maximum atomic E-state index is 13.3. The van der Waals surface area contributed by atoms with Crippen LogP contribution in [0.2, 0.25) is 0 Å². The predicted molar refractivity (Wildman–Crippen MR) is 122 cm³/mol. The predicted octanol–water partition coefficient (Wildman–Crippen LogP) is 3.61. The molecule has 0 radical (unpaired) electrons. The van der Waals surface area contributed by atoms with E-state index in [4.69, 9.17) is 0 Å². The Morgan fingerprint density at radius 1 is 1.06 bits per heavy atom. The minimum Gasteiger partial charge on any atom is -0.337 e. The van der Waals surface area contributed by atoms with Crippen LogP contribution in [0.15, 0.2) is 54.6 Å². The fourth-order valence-electron chi connectivity index (χ4n) is 5.32. The number of likely N-dealkylation sites (tertiary alicyclic amines) is 1. The van der Waals surface area contributed by atoms with Crippen LogP contribution in [0.25, 0.3) is 11.1 Å². The topological polar surface area (TPSA) is 66.5 Å². The Labute approximate surface area is 184 Å². The number of nitrogens with zero attached hydrogens (tertiary/aromatic N) is 1. The van der Waals surface area contributed by atoms with Gasteiger partial charge in [-0.15, -0.1) is 0 Å². The number of carbonyl (C=O) groups is 1. The summed E-state index contributed by atoms with van der Waals surface area (Å²) in [7, 11) is -3.36. The second-order valence-electron chi connectivity index (χ2n) is 9.66. The van der Waals surface area contributed by atoms with E-state index in [1.54, 1.807) is 0 Å². The molecule has 2 aromatic rings. The summed E-state index contributed by atoms with van der Waals surface area (Å²) in [4.78, 5) is 15.3. The van der Waals surface area contributed by atoms with Crippen LogP contribution < -0.4 is 4.72 Å². The van der Waals surface area contributed by atoms with Crippen LogP contribution >= 0.6 is 0 Å². The molecule has 31 heavy (non-hydrogen) atoms. The van der Waals surface area contributed by atoms with Crippen LogP contribution in [0.3, 0.4) is 0 Å². The lowest BCUT2D eigenvalue weighted by Crippen LogP contribution is -2.50. The van der Waals surface area contributed by atoms with Crippen molar-refractivity contribution in [3.05, 3.63) is 60.2 Å². The summed E-state index contributed by atoms with van der Waals surface area (Å²) >= 11 is 0. The zero-order valence-electron chi connectivity index (χ0n) is 18.0. The van der Waals surface area contributed by atoms with Crippen molar-refractivity contribution in [2.24, 2.45) is 11.3 Å². The van der Waals surface area contributed by atoms with Crippen molar-refractivity contribution in [3.8, 4) is 11.1 Å². The molecule has 1 amide bonds. The van der Waals surface area contributed by atoms with E-state index < -0.39 is 10.0 Å². The molecule has 2 aliphatic carbocycles. The summed E-state index contributed by atoms with van der Waals surface area (Å²) in [5.74, 6) is 0.338. The van der Waals surface area contributed by atoms with Crippen LogP contribution in [0.1, 0.15) is 37.7 Å². The fourth-order valence-corrected chi connectivity index (χ4v) is 6.18. The molecule has 2 atom stereocenters. The van der Waals surface area contributed by atoms with E-state index in [1.807, 2.05) is 23.1 Å². The molecule has 1 N–H and O–H groups in total. The first-order valence-corrected chi connectivity index (χ1v) is 13.2. The summed E-state index contributed by atoms with van der Waals surface area (Å²) in [6.07, 6.45) is 6.89. The average Bonchev–Trinajstić information content (AvgIpc) is 3.43. The molecule has 6 heteroatoms. The molecule has 1 heterocycles. The summed E-state index contributed by atoms with van der Waals surface area (Å²) < 4.78 is 27.3. The van der Waals surface area contributed by atoms with Crippen molar-refractivity contribution in [2.75, 3.05) is 12.8 Å². The summed E-state index contributed by atoms with van der Waals surface area (Å²) in [5.41, 5.74) is 3.34. The lowest BCUT2D eigenvalue weighted by atomic mass is 9.84. The number of sulfonamides is 1. The minimum atomic E-state index is -3.36. The van der Waals surface area contributed by atoms with Gasteiger partial charge in [0.25, 0.3) is 0 Å². The van der Waals surface area contributed by atoms with E-state index in [9.17, 15) is 13.2 Å². The molecule has 1 aliphatic heterocycles. The molecular weight excluding hydrogens is 408 g/mol. The quantitative estimate of drug-likeness (QED) is 0.749. The molecule has 2 saturated carbocycles. The van der Waals surface area contributed by atoms with Gasteiger partial charge in [0.05, 0.1) is 12.3 Å². The Bertz CT molecular complexity index is 1070. The third kappa shape index (κ3) is 4.15. The van der Waals surface area contributed by atoms with Crippen molar-refractivity contribution in [2.45, 2.75) is 50.6 Å². The lowest BCUT2D eigenvalue weighted by Gasteiger charge is -2.34. The van der Waals surface area contributed by atoms with Crippen LogP contribution in [-0.2, 0) is 21.2 Å².